The maximum Gasteiger partial charge on any atom is 0.220 e. The number of amides is 1. The van der Waals surface area contributed by atoms with Crippen molar-refractivity contribution in [3.8, 4) is 0 Å². The number of nitrogens with two attached hydrogens (primary N) is 1. The molecular weight excluding hydrogens is 266 g/mol. The van der Waals surface area contributed by atoms with Crippen molar-refractivity contribution < 1.29 is 4.79 Å². The van der Waals surface area contributed by atoms with E-state index in [1.165, 1.54) is 5.39 Å². The molecule has 0 spiro atoms. The van der Waals surface area contributed by atoms with Crippen molar-refractivity contribution in [2.24, 2.45) is 0 Å². The number of nitrogens with one attached hydrogen (secondary N) is 3. The van der Waals surface area contributed by atoms with E-state index in [4.69, 9.17) is 5.73 Å². The summed E-state index contributed by atoms with van der Waals surface area (Å²) >= 11 is 0. The summed E-state index contributed by atoms with van der Waals surface area (Å²) in [5.41, 5.74) is 8.72. The van der Waals surface area contributed by atoms with Crippen LogP contribution in [0.4, 0.5) is 5.82 Å². The molecule has 0 fully saturated rings. The Morgan fingerprint density at radius 1 is 1.29 bits per heavy atom. The van der Waals surface area contributed by atoms with Crippen molar-refractivity contribution in [2.45, 2.75) is 19.4 Å². The fraction of sp³-hybridized carbons (Fsp3) is 0.200. The van der Waals surface area contributed by atoms with Gasteiger partial charge in [-0.05, 0) is 18.1 Å². The van der Waals surface area contributed by atoms with Gasteiger partial charge in [0.15, 0.2) is 0 Å². The Balaban J connectivity index is 1.55. The van der Waals surface area contributed by atoms with Gasteiger partial charge in [0.2, 0.25) is 5.91 Å². The van der Waals surface area contributed by atoms with E-state index in [-0.39, 0.29) is 5.91 Å². The Kier molecular flexibility index (Phi) is 3.59. The zero-order chi connectivity index (χ0) is 14.7. The van der Waals surface area contributed by atoms with Crippen LogP contribution in [0.5, 0.6) is 0 Å². The van der Waals surface area contributed by atoms with Crippen LogP contribution in [0.15, 0.2) is 36.7 Å². The summed E-state index contributed by atoms with van der Waals surface area (Å²) in [6.45, 7) is 0.398. The quantitative estimate of drug-likeness (QED) is 0.573. The first kappa shape index (κ1) is 13.2. The van der Waals surface area contributed by atoms with Crippen molar-refractivity contribution in [2.75, 3.05) is 5.73 Å². The average molecular weight is 283 g/mol. The van der Waals surface area contributed by atoms with Gasteiger partial charge in [-0.2, -0.15) is 5.10 Å². The molecular formula is C15H17N5O. The van der Waals surface area contributed by atoms with Gasteiger partial charge in [-0.25, -0.2) is 0 Å². The second-order valence-electron chi connectivity index (χ2n) is 4.95. The summed E-state index contributed by atoms with van der Waals surface area (Å²) < 4.78 is 0. The molecule has 5 N–H and O–H groups in total. The smallest absolute Gasteiger partial charge is 0.220 e. The van der Waals surface area contributed by atoms with Crippen molar-refractivity contribution in [1.82, 2.24) is 20.5 Å². The number of H-pyrrole nitrogens is 2. The molecule has 21 heavy (non-hydrogen) atoms. The van der Waals surface area contributed by atoms with E-state index in [9.17, 15) is 4.79 Å². The lowest BCUT2D eigenvalue weighted by Gasteiger charge is -2.04. The molecule has 1 amide bonds. The van der Waals surface area contributed by atoms with E-state index in [1.54, 1.807) is 6.20 Å². The van der Waals surface area contributed by atoms with Gasteiger partial charge in [-0.3, -0.25) is 9.89 Å². The largest absolute Gasteiger partial charge is 0.384 e. The number of anilines is 1. The van der Waals surface area contributed by atoms with Crippen molar-refractivity contribution in [3.05, 3.63) is 47.8 Å². The van der Waals surface area contributed by atoms with Crippen molar-refractivity contribution in [1.29, 1.82) is 0 Å². The van der Waals surface area contributed by atoms with E-state index in [0.29, 0.717) is 25.2 Å². The fourth-order valence-electron chi connectivity index (χ4n) is 2.33. The van der Waals surface area contributed by atoms with E-state index < -0.39 is 0 Å². The third-order valence-corrected chi connectivity index (χ3v) is 3.52. The zero-order valence-corrected chi connectivity index (χ0v) is 11.5. The highest BCUT2D eigenvalue weighted by molar-refractivity contribution is 5.84. The van der Waals surface area contributed by atoms with Crippen LogP contribution < -0.4 is 11.1 Å². The molecule has 3 aromatic rings. The van der Waals surface area contributed by atoms with Gasteiger partial charge < -0.3 is 16.0 Å². The lowest BCUT2D eigenvalue weighted by molar-refractivity contribution is -0.121. The van der Waals surface area contributed by atoms with E-state index >= 15 is 0 Å². The highest BCUT2D eigenvalue weighted by Crippen LogP contribution is 2.18. The molecule has 3 rings (SSSR count). The number of fused-ring (bicyclic) bond motifs is 1. The minimum absolute atomic E-state index is 0.000816. The van der Waals surface area contributed by atoms with Crippen LogP contribution in [0.25, 0.3) is 10.9 Å². The van der Waals surface area contributed by atoms with Gasteiger partial charge in [0.05, 0.1) is 6.20 Å². The normalized spacial score (nSPS) is 10.9. The number of aromatic amines is 2. The van der Waals surface area contributed by atoms with Crippen LogP contribution in [0, 0.1) is 0 Å². The van der Waals surface area contributed by atoms with Crippen molar-refractivity contribution in [3.63, 3.8) is 0 Å². The standard InChI is InChI=1S/C15H17N5O/c16-15-11(9-19-20-15)8-18-14(21)6-5-10-7-17-13-4-2-1-3-12(10)13/h1-4,7,9,17H,5-6,8H2,(H,18,21)(H3,16,19,20). The minimum Gasteiger partial charge on any atom is -0.384 e. The lowest BCUT2D eigenvalue weighted by Crippen LogP contribution is -2.23. The number of rotatable bonds is 5. The molecule has 0 saturated heterocycles. The number of aryl methyl sites for hydroxylation is 1. The molecule has 1 aromatic carbocycles. The van der Waals surface area contributed by atoms with Crippen LogP contribution in [0.2, 0.25) is 0 Å². The number of hydrogen-bond donors (Lipinski definition) is 4. The molecule has 0 aliphatic carbocycles. The number of nitrogen functional groups attached to an aromatic ring is 1. The summed E-state index contributed by atoms with van der Waals surface area (Å²) in [6.07, 6.45) is 4.73. The third kappa shape index (κ3) is 2.89. The number of nitrogens with zero attached hydrogens (tertiary/aromatic N) is 1. The van der Waals surface area contributed by atoms with Gasteiger partial charge in [-0.15, -0.1) is 0 Å². The molecule has 0 aliphatic rings. The molecule has 0 aliphatic heterocycles. The number of carbonyl (C=O) groups excluding carboxylic acids is 1. The van der Waals surface area contributed by atoms with E-state index in [2.05, 4.69) is 26.6 Å². The predicted molar refractivity (Wildman–Crippen MR) is 81.5 cm³/mol. The van der Waals surface area contributed by atoms with Gasteiger partial charge in [0.1, 0.15) is 5.82 Å². The van der Waals surface area contributed by atoms with Crippen LogP contribution in [-0.2, 0) is 17.8 Å². The Morgan fingerprint density at radius 3 is 2.95 bits per heavy atom. The number of aromatic nitrogens is 3. The molecule has 6 heteroatoms. The molecule has 108 valence electrons. The number of carbonyl (C=O) groups is 1. The summed E-state index contributed by atoms with van der Waals surface area (Å²) in [5, 5.41) is 10.5. The Hall–Kier alpha value is -2.76. The molecule has 0 radical (unpaired) electrons. The van der Waals surface area contributed by atoms with Crippen molar-refractivity contribution >= 4 is 22.6 Å². The molecule has 6 nitrogen and oxygen atoms in total. The zero-order valence-electron chi connectivity index (χ0n) is 11.5. The van der Waals surface area contributed by atoms with Gasteiger partial charge in [-0.1, -0.05) is 18.2 Å². The van der Waals surface area contributed by atoms with E-state index in [0.717, 1.165) is 16.6 Å². The molecule has 0 unspecified atom stereocenters. The van der Waals surface area contributed by atoms with Crippen LogP contribution >= 0.6 is 0 Å². The maximum atomic E-state index is 11.9. The molecule has 0 saturated carbocycles. The third-order valence-electron chi connectivity index (χ3n) is 3.52. The molecule has 0 bridgehead atoms. The second-order valence-corrected chi connectivity index (χ2v) is 4.95. The highest BCUT2D eigenvalue weighted by atomic mass is 16.1. The Morgan fingerprint density at radius 2 is 2.14 bits per heavy atom. The lowest BCUT2D eigenvalue weighted by atomic mass is 10.1. The first-order valence-electron chi connectivity index (χ1n) is 6.83. The number of hydrogen-bond acceptors (Lipinski definition) is 3. The molecule has 2 aromatic heterocycles. The van der Waals surface area contributed by atoms with Crippen LogP contribution in [0.3, 0.4) is 0 Å². The highest BCUT2D eigenvalue weighted by Gasteiger charge is 2.08. The summed E-state index contributed by atoms with van der Waals surface area (Å²) in [5.74, 6) is 0.493. The summed E-state index contributed by atoms with van der Waals surface area (Å²) in [7, 11) is 0. The molecule has 0 atom stereocenters. The van der Waals surface area contributed by atoms with Crippen LogP contribution in [0.1, 0.15) is 17.5 Å². The fourth-order valence-corrected chi connectivity index (χ4v) is 2.33. The Labute approximate surface area is 121 Å². The van der Waals surface area contributed by atoms with Gasteiger partial charge in [0, 0.05) is 35.6 Å². The first-order chi connectivity index (χ1) is 10.2. The molecule has 2 heterocycles. The second kappa shape index (κ2) is 5.70. The van der Waals surface area contributed by atoms with E-state index in [1.807, 2.05) is 24.4 Å². The maximum absolute atomic E-state index is 11.9. The van der Waals surface area contributed by atoms with Gasteiger partial charge in [0.25, 0.3) is 0 Å². The SMILES string of the molecule is Nc1[nH]ncc1CNC(=O)CCc1c[nH]c2ccccc12. The minimum atomic E-state index is 0.000816. The van der Waals surface area contributed by atoms with Crippen LogP contribution in [-0.4, -0.2) is 21.1 Å². The predicted octanol–water partition coefficient (Wildman–Crippen LogP) is 1.72. The monoisotopic (exact) mass is 283 g/mol. The summed E-state index contributed by atoms with van der Waals surface area (Å²) in [6, 6.07) is 8.08. The average Bonchev–Trinajstić information content (AvgIpc) is 3.09. The number of benzene rings is 1. The number of para-hydroxylation sites is 1. The Bertz CT molecular complexity index is 758. The summed E-state index contributed by atoms with van der Waals surface area (Å²) in [4.78, 5) is 15.1. The van der Waals surface area contributed by atoms with Gasteiger partial charge >= 0.3 is 0 Å². The first-order valence-corrected chi connectivity index (χ1v) is 6.83. The topological polar surface area (TPSA) is 99.6 Å².